The minimum absolute atomic E-state index is 0.286. The molecular weight excluding hydrogens is 312 g/mol. The molecule has 0 bridgehead atoms. The number of hydrogen-bond acceptors (Lipinski definition) is 4. The van der Waals surface area contributed by atoms with E-state index in [1.165, 1.54) is 7.11 Å². The number of benzene rings is 1. The van der Waals surface area contributed by atoms with Gasteiger partial charge in [-0.15, -0.1) is 0 Å². The minimum atomic E-state index is -0.453. The van der Waals surface area contributed by atoms with Gasteiger partial charge in [0, 0.05) is 0 Å². The third-order valence-corrected chi connectivity index (χ3v) is 3.79. The molecule has 2 heterocycles. The largest absolute Gasteiger partial charge is 0.491 e. The zero-order valence-electron chi connectivity index (χ0n) is 10.2. The number of methoxy groups -OCH3 is 1. The third kappa shape index (κ3) is 1.92. The van der Waals surface area contributed by atoms with Crippen LogP contribution >= 0.6 is 15.9 Å². The highest BCUT2D eigenvalue weighted by Crippen LogP contribution is 2.34. The Bertz CT molecular complexity index is 651. The van der Waals surface area contributed by atoms with E-state index in [1.807, 2.05) is 28.8 Å². The summed E-state index contributed by atoms with van der Waals surface area (Å²) >= 11 is 3.41. The fraction of sp³-hybridized carbons (Fsp3) is 0.231. The highest BCUT2D eigenvalue weighted by atomic mass is 79.9. The summed E-state index contributed by atoms with van der Waals surface area (Å²) in [6.07, 6.45) is 0. The number of nitrogens with zero attached hydrogens (tertiary/aromatic N) is 2. The lowest BCUT2D eigenvalue weighted by Crippen LogP contribution is -2.07. The van der Waals surface area contributed by atoms with Gasteiger partial charge in [0.25, 0.3) is 0 Å². The summed E-state index contributed by atoms with van der Waals surface area (Å²) in [4.78, 5) is 16.1. The summed E-state index contributed by atoms with van der Waals surface area (Å²) in [5, 5.41) is 0. The summed E-state index contributed by atoms with van der Waals surface area (Å²) in [6, 6.07) is 7.64. The maximum absolute atomic E-state index is 11.7. The lowest BCUT2D eigenvalue weighted by molar-refractivity contribution is 0.0593. The molecule has 0 N–H and O–H groups in total. The van der Waals surface area contributed by atoms with Gasteiger partial charge in [0.2, 0.25) is 0 Å². The van der Waals surface area contributed by atoms with Crippen molar-refractivity contribution in [1.82, 2.24) is 9.55 Å². The molecule has 0 saturated heterocycles. The molecule has 2 aromatic rings. The van der Waals surface area contributed by atoms with Gasteiger partial charge in [-0.05, 0) is 28.1 Å². The highest BCUT2D eigenvalue weighted by molar-refractivity contribution is 9.10. The first kappa shape index (κ1) is 12.2. The lowest BCUT2D eigenvalue weighted by atomic mass is 10.2. The monoisotopic (exact) mass is 322 g/mol. The van der Waals surface area contributed by atoms with Gasteiger partial charge in [-0.25, -0.2) is 9.78 Å². The van der Waals surface area contributed by atoms with Crippen LogP contribution in [0.25, 0.3) is 11.4 Å². The zero-order chi connectivity index (χ0) is 13.4. The summed E-state index contributed by atoms with van der Waals surface area (Å²) in [6.45, 7) is 1.15. The zero-order valence-corrected chi connectivity index (χ0v) is 11.8. The molecule has 0 fully saturated rings. The molecule has 5 nitrogen and oxygen atoms in total. The van der Waals surface area contributed by atoms with E-state index in [1.54, 1.807) is 0 Å². The van der Waals surface area contributed by atoms with Crippen LogP contribution in [0.2, 0.25) is 0 Å². The fourth-order valence-electron chi connectivity index (χ4n) is 2.09. The standard InChI is InChI=1S/C13H11BrN2O3/c1-18-13(17)10-11(14)16-6-7-19-9-5-3-2-4-8(9)12(16)15-10/h2-5H,6-7H2,1H3. The molecule has 0 spiro atoms. The number of halogens is 1. The average Bonchev–Trinajstić information content (AvgIpc) is 2.66. The van der Waals surface area contributed by atoms with Crippen LogP contribution in [0.1, 0.15) is 10.5 Å². The number of rotatable bonds is 1. The Hall–Kier alpha value is -1.82. The third-order valence-electron chi connectivity index (χ3n) is 2.98. The van der Waals surface area contributed by atoms with Crippen molar-refractivity contribution in [2.24, 2.45) is 0 Å². The lowest BCUT2D eigenvalue weighted by Gasteiger charge is -2.04. The Morgan fingerprint density at radius 1 is 1.47 bits per heavy atom. The molecule has 1 aliphatic rings. The highest BCUT2D eigenvalue weighted by Gasteiger charge is 2.25. The second-order valence-electron chi connectivity index (χ2n) is 4.06. The van der Waals surface area contributed by atoms with E-state index in [2.05, 4.69) is 20.9 Å². The van der Waals surface area contributed by atoms with Gasteiger partial charge < -0.3 is 14.0 Å². The Kier molecular flexibility index (Phi) is 3.02. The molecule has 0 atom stereocenters. The normalized spacial score (nSPS) is 12.9. The summed E-state index contributed by atoms with van der Waals surface area (Å²) < 4.78 is 12.9. The van der Waals surface area contributed by atoms with Gasteiger partial charge in [0.05, 0.1) is 19.2 Å². The predicted octanol–water partition coefficient (Wildman–Crippen LogP) is 2.49. The second kappa shape index (κ2) is 4.70. The Balaban J connectivity index is 2.22. The number of carbonyl (C=O) groups excluding carboxylic acids is 1. The quantitative estimate of drug-likeness (QED) is 0.757. The fourth-order valence-corrected chi connectivity index (χ4v) is 2.69. The Morgan fingerprint density at radius 2 is 2.26 bits per heavy atom. The molecule has 3 rings (SSSR count). The van der Waals surface area contributed by atoms with E-state index in [-0.39, 0.29) is 5.69 Å². The topological polar surface area (TPSA) is 53.3 Å². The molecule has 0 saturated carbocycles. The van der Waals surface area contributed by atoms with Crippen LogP contribution in [0, 0.1) is 0 Å². The molecule has 1 aliphatic heterocycles. The van der Waals surface area contributed by atoms with Gasteiger partial charge in [-0.1, -0.05) is 12.1 Å². The molecule has 0 amide bonds. The number of fused-ring (bicyclic) bond motifs is 3. The van der Waals surface area contributed by atoms with E-state index in [0.717, 1.165) is 11.3 Å². The molecule has 0 unspecified atom stereocenters. The molecule has 1 aromatic heterocycles. The van der Waals surface area contributed by atoms with Crippen molar-refractivity contribution in [1.29, 1.82) is 0 Å². The number of carbonyl (C=O) groups is 1. The van der Waals surface area contributed by atoms with Crippen LogP contribution in [-0.4, -0.2) is 29.2 Å². The van der Waals surface area contributed by atoms with E-state index < -0.39 is 5.97 Å². The molecule has 0 radical (unpaired) electrons. The number of esters is 1. The Morgan fingerprint density at radius 3 is 3.05 bits per heavy atom. The van der Waals surface area contributed by atoms with Gasteiger partial charge in [-0.3, -0.25) is 0 Å². The van der Waals surface area contributed by atoms with Crippen LogP contribution in [-0.2, 0) is 11.3 Å². The molecule has 19 heavy (non-hydrogen) atoms. The van der Waals surface area contributed by atoms with Crippen molar-refractivity contribution in [2.75, 3.05) is 13.7 Å². The van der Waals surface area contributed by atoms with Crippen LogP contribution in [0.3, 0.4) is 0 Å². The van der Waals surface area contributed by atoms with Crippen molar-refractivity contribution in [3.63, 3.8) is 0 Å². The molecule has 98 valence electrons. The van der Waals surface area contributed by atoms with Crippen molar-refractivity contribution in [3.8, 4) is 17.1 Å². The van der Waals surface area contributed by atoms with Crippen molar-refractivity contribution < 1.29 is 14.3 Å². The molecule has 6 heteroatoms. The first-order chi connectivity index (χ1) is 9.22. The van der Waals surface area contributed by atoms with Crippen LogP contribution < -0.4 is 4.74 Å². The van der Waals surface area contributed by atoms with Crippen LogP contribution in [0.4, 0.5) is 0 Å². The first-order valence-corrected chi connectivity index (χ1v) is 6.58. The molecular formula is C13H11BrN2O3. The summed E-state index contributed by atoms with van der Waals surface area (Å²) in [5.41, 5.74) is 1.16. The van der Waals surface area contributed by atoms with E-state index in [4.69, 9.17) is 9.47 Å². The maximum Gasteiger partial charge on any atom is 0.359 e. The molecule has 0 aliphatic carbocycles. The van der Waals surface area contributed by atoms with Gasteiger partial charge in [-0.2, -0.15) is 0 Å². The van der Waals surface area contributed by atoms with Crippen LogP contribution in [0.5, 0.6) is 5.75 Å². The first-order valence-electron chi connectivity index (χ1n) is 5.79. The summed E-state index contributed by atoms with van der Waals surface area (Å²) in [7, 11) is 1.34. The van der Waals surface area contributed by atoms with Crippen molar-refractivity contribution in [3.05, 3.63) is 34.6 Å². The van der Waals surface area contributed by atoms with Crippen molar-refractivity contribution in [2.45, 2.75) is 6.54 Å². The molecule has 1 aromatic carbocycles. The van der Waals surface area contributed by atoms with E-state index >= 15 is 0 Å². The Labute approximate surface area is 118 Å². The average molecular weight is 323 g/mol. The summed E-state index contributed by atoms with van der Waals surface area (Å²) in [5.74, 6) is 1.03. The predicted molar refractivity (Wildman–Crippen MR) is 72.2 cm³/mol. The SMILES string of the molecule is COC(=O)c1nc2n(c1Br)CCOc1ccccc1-2. The van der Waals surface area contributed by atoms with Crippen LogP contribution in [0.15, 0.2) is 28.9 Å². The number of ether oxygens (including phenoxy) is 2. The van der Waals surface area contributed by atoms with E-state index in [0.29, 0.717) is 23.6 Å². The smallest absolute Gasteiger partial charge is 0.359 e. The maximum atomic E-state index is 11.7. The van der Waals surface area contributed by atoms with Gasteiger partial charge in [0.15, 0.2) is 5.69 Å². The second-order valence-corrected chi connectivity index (χ2v) is 4.81. The number of aromatic nitrogens is 2. The minimum Gasteiger partial charge on any atom is -0.491 e. The van der Waals surface area contributed by atoms with Crippen molar-refractivity contribution >= 4 is 21.9 Å². The number of imidazole rings is 1. The van der Waals surface area contributed by atoms with E-state index in [9.17, 15) is 4.79 Å². The van der Waals surface area contributed by atoms with Gasteiger partial charge >= 0.3 is 5.97 Å². The number of para-hydroxylation sites is 1. The van der Waals surface area contributed by atoms with Gasteiger partial charge in [0.1, 0.15) is 22.8 Å². The number of hydrogen-bond donors (Lipinski definition) is 0.